The quantitative estimate of drug-likeness (QED) is 0.635. The van der Waals surface area contributed by atoms with Crippen LogP contribution in [0.3, 0.4) is 0 Å². The predicted octanol–water partition coefficient (Wildman–Crippen LogP) is 3.25. The van der Waals surface area contributed by atoms with Gasteiger partial charge in [0.25, 0.3) is 0 Å². The smallest absolute Gasteiger partial charge is 0.331 e. The highest BCUT2D eigenvalue weighted by molar-refractivity contribution is 6.01. The maximum Gasteiger partial charge on any atom is 0.331 e. The van der Waals surface area contributed by atoms with Crippen molar-refractivity contribution >= 4 is 17.4 Å². The molecule has 0 aromatic heterocycles. The Morgan fingerprint density at radius 1 is 1.23 bits per heavy atom. The molecule has 2 rings (SSSR count). The Kier molecular flexibility index (Phi) is 4.81. The minimum Gasteiger partial charge on any atom is -0.457 e. The first-order valence-corrected chi connectivity index (χ1v) is 7.33. The van der Waals surface area contributed by atoms with E-state index in [4.69, 9.17) is 4.74 Å². The Morgan fingerprint density at radius 2 is 1.91 bits per heavy atom. The summed E-state index contributed by atoms with van der Waals surface area (Å²) < 4.78 is 5.20. The molecule has 0 unspecified atom stereocenters. The van der Waals surface area contributed by atoms with Crippen molar-refractivity contribution in [2.24, 2.45) is 0 Å². The Morgan fingerprint density at radius 3 is 2.55 bits per heavy atom. The third-order valence-corrected chi connectivity index (χ3v) is 3.09. The topological polar surface area (TPSA) is 46.6 Å². The fraction of sp³-hybridized carbons (Fsp3) is 0.333. The van der Waals surface area contributed by atoms with Crippen molar-refractivity contribution in [3.8, 4) is 0 Å². The van der Waals surface area contributed by atoms with E-state index >= 15 is 0 Å². The lowest BCUT2D eigenvalue weighted by atomic mass is 10.0. The van der Waals surface area contributed by atoms with E-state index in [0.29, 0.717) is 18.5 Å². The lowest BCUT2D eigenvalue weighted by Crippen LogP contribution is -2.27. The van der Waals surface area contributed by atoms with E-state index in [1.54, 1.807) is 27.0 Å². The van der Waals surface area contributed by atoms with E-state index < -0.39 is 11.6 Å². The number of nitrogens with zero attached hydrogens (tertiary/aromatic N) is 1. The van der Waals surface area contributed by atoms with Gasteiger partial charge in [-0.25, -0.2) is 4.79 Å². The van der Waals surface area contributed by atoms with Crippen LogP contribution in [0, 0.1) is 0 Å². The lowest BCUT2D eigenvalue weighted by molar-refractivity contribution is -0.148. The molecule has 0 saturated heterocycles. The maximum absolute atomic E-state index is 12.0. The molecule has 1 aliphatic rings. The zero-order chi connectivity index (χ0) is 16.2. The van der Waals surface area contributed by atoms with Crippen LogP contribution in [0.15, 0.2) is 54.3 Å². The second kappa shape index (κ2) is 6.60. The third kappa shape index (κ3) is 4.58. The third-order valence-electron chi connectivity index (χ3n) is 3.09. The summed E-state index contributed by atoms with van der Waals surface area (Å²) in [5.74, 6) is -0.412. The van der Waals surface area contributed by atoms with Crippen LogP contribution in [0.25, 0.3) is 0 Å². The van der Waals surface area contributed by atoms with Crippen molar-refractivity contribution in [2.75, 3.05) is 11.4 Å². The summed E-state index contributed by atoms with van der Waals surface area (Å²) >= 11 is 0. The first kappa shape index (κ1) is 16.0. The maximum atomic E-state index is 12.0. The van der Waals surface area contributed by atoms with Crippen molar-refractivity contribution in [1.29, 1.82) is 0 Å². The number of anilines is 1. The van der Waals surface area contributed by atoms with E-state index in [9.17, 15) is 9.59 Å². The number of hydrogen-bond donors (Lipinski definition) is 0. The Balaban J connectivity index is 2.12. The molecule has 0 radical (unpaired) electrons. The summed E-state index contributed by atoms with van der Waals surface area (Å²) in [6, 6.07) is 9.83. The summed E-state index contributed by atoms with van der Waals surface area (Å²) in [7, 11) is 0. The van der Waals surface area contributed by atoms with Crippen molar-refractivity contribution in [3.63, 3.8) is 0 Å². The molecule has 1 heterocycles. The normalized spacial score (nSPS) is 15.9. The monoisotopic (exact) mass is 299 g/mol. The van der Waals surface area contributed by atoms with Crippen molar-refractivity contribution in [1.82, 2.24) is 0 Å². The van der Waals surface area contributed by atoms with Gasteiger partial charge in [0, 0.05) is 36.5 Å². The lowest BCUT2D eigenvalue weighted by Gasteiger charge is -2.25. The molecule has 1 aromatic rings. The van der Waals surface area contributed by atoms with Gasteiger partial charge in [-0.1, -0.05) is 18.2 Å². The fourth-order valence-electron chi connectivity index (χ4n) is 2.12. The van der Waals surface area contributed by atoms with Gasteiger partial charge in [0.05, 0.1) is 0 Å². The zero-order valence-electron chi connectivity index (χ0n) is 13.2. The van der Waals surface area contributed by atoms with E-state index in [0.717, 1.165) is 5.69 Å². The van der Waals surface area contributed by atoms with Gasteiger partial charge < -0.3 is 9.64 Å². The van der Waals surface area contributed by atoms with Gasteiger partial charge in [-0.3, -0.25) is 4.79 Å². The number of ketones is 1. The zero-order valence-corrected chi connectivity index (χ0v) is 13.2. The largest absolute Gasteiger partial charge is 0.457 e. The minimum atomic E-state index is -0.539. The van der Waals surface area contributed by atoms with Crippen LogP contribution in [0.2, 0.25) is 0 Å². The van der Waals surface area contributed by atoms with Crippen molar-refractivity contribution in [2.45, 2.75) is 32.8 Å². The summed E-state index contributed by atoms with van der Waals surface area (Å²) in [5.41, 5.74) is 1.00. The Hall–Kier alpha value is -2.36. The van der Waals surface area contributed by atoms with Crippen LogP contribution in [0.1, 0.15) is 27.2 Å². The highest BCUT2D eigenvalue weighted by Gasteiger charge is 2.18. The number of para-hydroxylation sites is 1. The molecule has 0 atom stereocenters. The average Bonchev–Trinajstić information content (AvgIpc) is 2.45. The van der Waals surface area contributed by atoms with Crippen LogP contribution in [0.5, 0.6) is 0 Å². The van der Waals surface area contributed by atoms with E-state index in [1.165, 1.54) is 12.2 Å². The fourth-order valence-corrected chi connectivity index (χ4v) is 2.12. The van der Waals surface area contributed by atoms with E-state index in [1.807, 2.05) is 35.2 Å². The van der Waals surface area contributed by atoms with Crippen molar-refractivity contribution in [3.05, 3.63) is 54.3 Å². The van der Waals surface area contributed by atoms with Crippen LogP contribution >= 0.6 is 0 Å². The van der Waals surface area contributed by atoms with Gasteiger partial charge in [0.2, 0.25) is 0 Å². The molecule has 0 fully saturated rings. The number of Topliss-reactive ketones (excluding diaryl/α,β-unsaturated/α-hetero) is 1. The molecule has 1 aliphatic heterocycles. The average molecular weight is 299 g/mol. The number of rotatable bonds is 3. The number of benzene rings is 1. The molecule has 0 bridgehead atoms. The van der Waals surface area contributed by atoms with Crippen LogP contribution in [-0.2, 0) is 14.3 Å². The number of ether oxygens (including phenoxy) is 1. The molecule has 0 aliphatic carbocycles. The van der Waals surface area contributed by atoms with Gasteiger partial charge in [0.15, 0.2) is 5.78 Å². The predicted molar refractivity (Wildman–Crippen MR) is 86.5 cm³/mol. The highest BCUT2D eigenvalue weighted by atomic mass is 16.6. The number of carbonyl (C=O) groups is 2. The molecule has 0 spiro atoms. The summed E-state index contributed by atoms with van der Waals surface area (Å²) in [6.45, 7) is 6.06. The first-order chi connectivity index (χ1) is 10.3. The van der Waals surface area contributed by atoms with Gasteiger partial charge in [0.1, 0.15) is 5.60 Å². The Labute approximate surface area is 131 Å². The molecule has 4 nitrogen and oxygen atoms in total. The molecular weight excluding hydrogens is 278 g/mol. The van der Waals surface area contributed by atoms with Gasteiger partial charge >= 0.3 is 5.97 Å². The molecule has 0 N–H and O–H groups in total. The second-order valence-electron chi connectivity index (χ2n) is 6.15. The number of esters is 1. The van der Waals surface area contributed by atoms with Crippen LogP contribution in [-0.4, -0.2) is 23.9 Å². The number of allylic oxidation sites excluding steroid dienone is 2. The van der Waals surface area contributed by atoms with Gasteiger partial charge in [-0.05, 0) is 39.0 Å². The minimum absolute atomic E-state index is 0.0342. The number of carbonyl (C=O) groups excluding carboxylic acids is 2. The van der Waals surface area contributed by atoms with E-state index in [2.05, 4.69) is 0 Å². The standard InChI is InChI=1S/C18H21NO3/c1-18(2,3)22-17(21)10-9-14-13-19(12-11-16(14)20)15-7-5-4-6-8-15/h4-10,13H,11-12H2,1-3H3/b10-9+. The first-order valence-electron chi connectivity index (χ1n) is 7.33. The van der Waals surface area contributed by atoms with E-state index in [-0.39, 0.29) is 5.78 Å². The summed E-state index contributed by atoms with van der Waals surface area (Å²) in [6.07, 6.45) is 5.05. The number of hydrogen-bond acceptors (Lipinski definition) is 4. The second-order valence-corrected chi connectivity index (χ2v) is 6.15. The molecule has 4 heteroatoms. The SMILES string of the molecule is CC(C)(C)OC(=O)/C=C/C1=CN(c2ccccc2)CCC1=O. The van der Waals surface area contributed by atoms with Crippen molar-refractivity contribution < 1.29 is 14.3 Å². The molecule has 0 amide bonds. The molecular formula is C18H21NO3. The summed E-state index contributed by atoms with van der Waals surface area (Å²) in [5, 5.41) is 0. The molecule has 116 valence electrons. The van der Waals surface area contributed by atoms with Gasteiger partial charge in [-0.2, -0.15) is 0 Å². The van der Waals surface area contributed by atoms with Gasteiger partial charge in [-0.15, -0.1) is 0 Å². The molecule has 22 heavy (non-hydrogen) atoms. The van der Waals surface area contributed by atoms with Crippen LogP contribution in [0.4, 0.5) is 5.69 Å². The molecule has 0 saturated carbocycles. The Bertz CT molecular complexity index is 609. The summed E-state index contributed by atoms with van der Waals surface area (Å²) in [4.78, 5) is 25.7. The van der Waals surface area contributed by atoms with Crippen LogP contribution < -0.4 is 4.90 Å². The highest BCUT2D eigenvalue weighted by Crippen LogP contribution is 2.20. The molecule has 1 aromatic carbocycles.